The first-order valence-electron chi connectivity index (χ1n) is 5.66. The summed E-state index contributed by atoms with van der Waals surface area (Å²) in [7, 11) is 0. The van der Waals surface area contributed by atoms with Crippen molar-refractivity contribution in [1.29, 1.82) is 0 Å². The van der Waals surface area contributed by atoms with Crippen LogP contribution in [0.4, 0.5) is 0 Å². The summed E-state index contributed by atoms with van der Waals surface area (Å²) in [6.07, 6.45) is 0.875. The summed E-state index contributed by atoms with van der Waals surface area (Å²) in [4.78, 5) is 11.7. The molecule has 1 aliphatic heterocycles. The second-order valence-electron chi connectivity index (χ2n) is 5.27. The van der Waals surface area contributed by atoms with Crippen molar-refractivity contribution in [2.75, 3.05) is 13.2 Å². The van der Waals surface area contributed by atoms with E-state index in [1.165, 1.54) is 0 Å². The maximum atomic E-state index is 11.7. The van der Waals surface area contributed by atoms with Gasteiger partial charge < -0.3 is 4.74 Å². The van der Waals surface area contributed by atoms with Crippen molar-refractivity contribution in [3.8, 4) is 0 Å². The van der Waals surface area contributed by atoms with E-state index in [1.807, 2.05) is 6.07 Å². The predicted molar refractivity (Wildman–Crippen MR) is 61.7 cm³/mol. The van der Waals surface area contributed by atoms with E-state index in [2.05, 4.69) is 25.9 Å². The average Bonchev–Trinajstić information content (AvgIpc) is 2.69. The standard InChI is InChI=1S/C12H18N2O2/c1-12(2,3)10-4-5-11(15)14(13-10)9-6-7-16-8-9/h4-5,9H,6-8H2,1-3H3. The van der Waals surface area contributed by atoms with E-state index in [0.29, 0.717) is 6.61 Å². The molecule has 16 heavy (non-hydrogen) atoms. The highest BCUT2D eigenvalue weighted by atomic mass is 16.5. The van der Waals surface area contributed by atoms with Crippen molar-refractivity contribution in [3.63, 3.8) is 0 Å². The molecule has 0 aromatic carbocycles. The smallest absolute Gasteiger partial charge is 0.267 e. The van der Waals surface area contributed by atoms with E-state index >= 15 is 0 Å². The fourth-order valence-electron chi connectivity index (χ4n) is 1.80. The Labute approximate surface area is 95.2 Å². The lowest BCUT2D eigenvalue weighted by Crippen LogP contribution is -2.30. The Kier molecular flexibility index (Phi) is 2.84. The van der Waals surface area contributed by atoms with Crippen molar-refractivity contribution >= 4 is 0 Å². The molecule has 1 aromatic heterocycles. The molecule has 0 spiro atoms. The van der Waals surface area contributed by atoms with Crippen molar-refractivity contribution in [2.45, 2.75) is 38.6 Å². The van der Waals surface area contributed by atoms with Gasteiger partial charge in [-0.3, -0.25) is 4.79 Å². The monoisotopic (exact) mass is 222 g/mol. The second kappa shape index (κ2) is 4.01. The van der Waals surface area contributed by atoms with Crippen molar-refractivity contribution in [2.24, 2.45) is 0 Å². The number of nitrogens with zero attached hydrogens (tertiary/aromatic N) is 2. The molecule has 0 aliphatic carbocycles. The number of ether oxygens (including phenoxy) is 1. The molecule has 1 fully saturated rings. The summed E-state index contributed by atoms with van der Waals surface area (Å²) in [6.45, 7) is 7.60. The largest absolute Gasteiger partial charge is 0.379 e. The third-order valence-corrected chi connectivity index (χ3v) is 2.84. The first kappa shape index (κ1) is 11.3. The molecule has 2 heterocycles. The van der Waals surface area contributed by atoms with Gasteiger partial charge in [0.2, 0.25) is 0 Å². The molecule has 88 valence electrons. The summed E-state index contributed by atoms with van der Waals surface area (Å²) in [5.74, 6) is 0. The lowest BCUT2D eigenvalue weighted by atomic mass is 9.92. The first-order valence-corrected chi connectivity index (χ1v) is 5.66. The van der Waals surface area contributed by atoms with E-state index < -0.39 is 0 Å². The normalized spacial score (nSPS) is 21.3. The topological polar surface area (TPSA) is 44.1 Å². The Balaban J connectivity index is 2.40. The van der Waals surface area contributed by atoms with Gasteiger partial charge in [-0.1, -0.05) is 20.8 Å². The van der Waals surface area contributed by atoms with Crippen LogP contribution in [0, 0.1) is 0 Å². The van der Waals surface area contributed by atoms with Crippen LogP contribution >= 0.6 is 0 Å². The molecule has 1 aliphatic rings. The van der Waals surface area contributed by atoms with Gasteiger partial charge in [-0.15, -0.1) is 0 Å². The van der Waals surface area contributed by atoms with Crippen LogP contribution in [-0.2, 0) is 10.2 Å². The van der Waals surface area contributed by atoms with E-state index in [0.717, 1.165) is 18.7 Å². The molecule has 0 saturated carbocycles. The molecular weight excluding hydrogens is 204 g/mol. The maximum absolute atomic E-state index is 11.7. The molecule has 0 radical (unpaired) electrons. The summed E-state index contributed by atoms with van der Waals surface area (Å²) in [5.41, 5.74) is 0.872. The van der Waals surface area contributed by atoms with E-state index in [4.69, 9.17) is 4.74 Å². The molecule has 4 heteroatoms. The fraction of sp³-hybridized carbons (Fsp3) is 0.667. The Hall–Kier alpha value is -1.16. The van der Waals surface area contributed by atoms with Gasteiger partial charge in [-0.2, -0.15) is 5.10 Å². The highest BCUT2D eigenvalue weighted by Crippen LogP contribution is 2.20. The van der Waals surface area contributed by atoms with Crippen molar-refractivity contribution in [3.05, 3.63) is 28.2 Å². The number of hydrogen-bond donors (Lipinski definition) is 0. The van der Waals surface area contributed by atoms with E-state index in [-0.39, 0.29) is 17.0 Å². The van der Waals surface area contributed by atoms with Gasteiger partial charge in [0, 0.05) is 18.1 Å². The van der Waals surface area contributed by atoms with Gasteiger partial charge in [0.05, 0.1) is 18.3 Å². The summed E-state index contributed by atoms with van der Waals surface area (Å²) in [5, 5.41) is 4.45. The minimum atomic E-state index is -0.0384. The van der Waals surface area contributed by atoms with Crippen molar-refractivity contribution in [1.82, 2.24) is 9.78 Å². The van der Waals surface area contributed by atoms with Crippen LogP contribution in [0.15, 0.2) is 16.9 Å². The lowest BCUT2D eigenvalue weighted by molar-refractivity contribution is 0.183. The van der Waals surface area contributed by atoms with Gasteiger partial charge in [-0.05, 0) is 12.5 Å². The lowest BCUT2D eigenvalue weighted by Gasteiger charge is -2.20. The maximum Gasteiger partial charge on any atom is 0.267 e. The Bertz CT molecular complexity index is 425. The molecule has 0 amide bonds. The SMILES string of the molecule is CC(C)(C)c1ccc(=O)n(C2CCOC2)n1. The van der Waals surface area contributed by atoms with Gasteiger partial charge in [0.15, 0.2) is 0 Å². The van der Waals surface area contributed by atoms with Crippen molar-refractivity contribution < 1.29 is 4.74 Å². The quantitative estimate of drug-likeness (QED) is 0.723. The zero-order chi connectivity index (χ0) is 11.8. The Morgan fingerprint density at radius 2 is 2.19 bits per heavy atom. The average molecular weight is 222 g/mol. The van der Waals surface area contributed by atoms with Gasteiger partial charge in [0.1, 0.15) is 0 Å². The van der Waals surface area contributed by atoms with E-state index in [1.54, 1.807) is 10.7 Å². The van der Waals surface area contributed by atoms with Gasteiger partial charge in [0.25, 0.3) is 5.56 Å². The number of aromatic nitrogens is 2. The number of rotatable bonds is 1. The van der Waals surface area contributed by atoms with E-state index in [9.17, 15) is 4.79 Å². The summed E-state index contributed by atoms with van der Waals surface area (Å²) in [6, 6.07) is 3.52. The third-order valence-electron chi connectivity index (χ3n) is 2.84. The van der Waals surface area contributed by atoms with Gasteiger partial charge >= 0.3 is 0 Å². The highest BCUT2D eigenvalue weighted by molar-refractivity contribution is 5.11. The van der Waals surface area contributed by atoms with Crippen LogP contribution in [0.5, 0.6) is 0 Å². The molecule has 1 aromatic rings. The van der Waals surface area contributed by atoms with Crippen LogP contribution in [0.1, 0.15) is 38.9 Å². The zero-order valence-corrected chi connectivity index (χ0v) is 10.1. The van der Waals surface area contributed by atoms with Crippen LogP contribution in [-0.4, -0.2) is 23.0 Å². The minimum absolute atomic E-state index is 0.0328. The first-order chi connectivity index (χ1) is 7.48. The molecule has 2 rings (SSSR count). The van der Waals surface area contributed by atoms with Crippen LogP contribution < -0.4 is 5.56 Å². The molecule has 0 N–H and O–H groups in total. The molecular formula is C12H18N2O2. The van der Waals surface area contributed by atoms with Crippen LogP contribution in [0.3, 0.4) is 0 Å². The minimum Gasteiger partial charge on any atom is -0.379 e. The summed E-state index contributed by atoms with van der Waals surface area (Å²) < 4.78 is 6.87. The molecule has 4 nitrogen and oxygen atoms in total. The Morgan fingerprint density at radius 1 is 1.44 bits per heavy atom. The highest BCUT2D eigenvalue weighted by Gasteiger charge is 2.22. The summed E-state index contributed by atoms with van der Waals surface area (Å²) >= 11 is 0. The fourth-order valence-corrected chi connectivity index (χ4v) is 1.80. The molecule has 1 atom stereocenters. The predicted octanol–water partition coefficient (Wildman–Crippen LogP) is 1.50. The molecule has 0 bridgehead atoms. The van der Waals surface area contributed by atoms with Gasteiger partial charge in [-0.25, -0.2) is 4.68 Å². The third kappa shape index (κ3) is 2.16. The zero-order valence-electron chi connectivity index (χ0n) is 10.1. The molecule has 1 unspecified atom stereocenters. The number of hydrogen-bond acceptors (Lipinski definition) is 3. The van der Waals surface area contributed by atoms with Crippen LogP contribution in [0.2, 0.25) is 0 Å². The van der Waals surface area contributed by atoms with Crippen LogP contribution in [0.25, 0.3) is 0 Å². The Morgan fingerprint density at radius 3 is 2.75 bits per heavy atom. The second-order valence-corrected chi connectivity index (χ2v) is 5.27. The molecule has 1 saturated heterocycles.